The van der Waals surface area contributed by atoms with Crippen molar-refractivity contribution in [1.82, 2.24) is 10.3 Å². The molecule has 1 heterocycles. The highest BCUT2D eigenvalue weighted by Gasteiger charge is 2.24. The lowest BCUT2D eigenvalue weighted by atomic mass is 9.85. The summed E-state index contributed by atoms with van der Waals surface area (Å²) in [6.07, 6.45) is 3.79. The molecular weight excluding hydrogens is 296 g/mol. The van der Waals surface area contributed by atoms with E-state index in [9.17, 15) is 4.79 Å². The molecule has 0 spiro atoms. The van der Waals surface area contributed by atoms with Gasteiger partial charge in [0.05, 0.1) is 10.2 Å². The molecule has 2 N–H and O–H groups in total. The van der Waals surface area contributed by atoms with E-state index in [0.717, 1.165) is 15.2 Å². The normalized spacial score (nSPS) is 13.6. The SMILES string of the molecule is CC(C)(C)C(CCO)NC(=O)/C=C/c1nc2ccccc2s1. The molecule has 1 aromatic heterocycles. The lowest BCUT2D eigenvalue weighted by molar-refractivity contribution is -0.118. The number of carbonyl (C=O) groups excluding carboxylic acids is 1. The van der Waals surface area contributed by atoms with Crippen LogP contribution in [-0.2, 0) is 4.79 Å². The molecule has 5 heteroatoms. The van der Waals surface area contributed by atoms with Crippen molar-refractivity contribution >= 4 is 33.5 Å². The molecule has 1 atom stereocenters. The van der Waals surface area contributed by atoms with Gasteiger partial charge in [0.1, 0.15) is 5.01 Å². The fourth-order valence-corrected chi connectivity index (χ4v) is 3.05. The molecule has 0 saturated heterocycles. The Balaban J connectivity index is 2.04. The molecule has 22 heavy (non-hydrogen) atoms. The van der Waals surface area contributed by atoms with E-state index in [1.54, 1.807) is 17.4 Å². The van der Waals surface area contributed by atoms with E-state index >= 15 is 0 Å². The molecule has 0 aliphatic heterocycles. The highest BCUT2D eigenvalue weighted by molar-refractivity contribution is 7.19. The molecule has 0 bridgehead atoms. The van der Waals surface area contributed by atoms with Crippen LogP contribution in [0.2, 0.25) is 0 Å². The Kier molecular flexibility index (Phi) is 5.32. The lowest BCUT2D eigenvalue weighted by Gasteiger charge is -2.30. The summed E-state index contributed by atoms with van der Waals surface area (Å²) in [5.74, 6) is -0.160. The van der Waals surface area contributed by atoms with E-state index in [4.69, 9.17) is 5.11 Å². The minimum atomic E-state index is -0.160. The Morgan fingerprint density at radius 1 is 1.41 bits per heavy atom. The standard InChI is InChI=1S/C17H22N2O2S/c1-17(2,3)14(10-11-20)19-15(21)8-9-16-18-12-6-4-5-7-13(12)22-16/h4-9,14,20H,10-11H2,1-3H3,(H,19,21)/b9-8+. The van der Waals surface area contributed by atoms with Crippen LogP contribution in [0.25, 0.3) is 16.3 Å². The maximum absolute atomic E-state index is 12.1. The number of thiazole rings is 1. The Morgan fingerprint density at radius 2 is 2.14 bits per heavy atom. The van der Waals surface area contributed by atoms with Crippen LogP contribution in [0.5, 0.6) is 0 Å². The zero-order chi connectivity index (χ0) is 16.2. The van der Waals surface area contributed by atoms with Crippen LogP contribution in [0.4, 0.5) is 0 Å². The van der Waals surface area contributed by atoms with Gasteiger partial charge in [-0.3, -0.25) is 4.79 Å². The first kappa shape index (κ1) is 16.6. The zero-order valence-electron chi connectivity index (χ0n) is 13.2. The molecule has 0 aliphatic carbocycles. The second kappa shape index (κ2) is 7.03. The van der Waals surface area contributed by atoms with Gasteiger partial charge in [-0.05, 0) is 30.0 Å². The number of aliphatic hydroxyl groups excluding tert-OH is 1. The number of amides is 1. The molecule has 2 aromatic rings. The number of nitrogens with zero attached hydrogens (tertiary/aromatic N) is 1. The van der Waals surface area contributed by atoms with Gasteiger partial charge in [-0.15, -0.1) is 11.3 Å². The van der Waals surface area contributed by atoms with Crippen LogP contribution >= 0.6 is 11.3 Å². The minimum Gasteiger partial charge on any atom is -0.396 e. The molecule has 118 valence electrons. The summed E-state index contributed by atoms with van der Waals surface area (Å²) in [6, 6.07) is 7.83. The van der Waals surface area contributed by atoms with E-state index in [1.807, 2.05) is 45.0 Å². The summed E-state index contributed by atoms with van der Waals surface area (Å²) in [6.45, 7) is 6.20. The topological polar surface area (TPSA) is 62.2 Å². The molecule has 1 aromatic carbocycles. The van der Waals surface area contributed by atoms with Gasteiger partial charge in [0.15, 0.2) is 0 Å². The minimum absolute atomic E-state index is 0.0593. The van der Waals surface area contributed by atoms with Gasteiger partial charge in [0.25, 0.3) is 0 Å². The monoisotopic (exact) mass is 318 g/mol. The predicted molar refractivity (Wildman–Crippen MR) is 91.7 cm³/mol. The van der Waals surface area contributed by atoms with Crippen LogP contribution in [0.15, 0.2) is 30.3 Å². The summed E-state index contributed by atoms with van der Waals surface area (Å²) in [4.78, 5) is 16.5. The van der Waals surface area contributed by atoms with Crippen LogP contribution in [-0.4, -0.2) is 28.6 Å². The quantitative estimate of drug-likeness (QED) is 0.832. The van der Waals surface area contributed by atoms with E-state index in [1.165, 1.54) is 6.08 Å². The first-order valence-corrected chi connectivity index (χ1v) is 8.17. The molecule has 0 radical (unpaired) electrons. The largest absolute Gasteiger partial charge is 0.396 e. The highest BCUT2D eigenvalue weighted by Crippen LogP contribution is 2.23. The fraction of sp³-hybridized carbons (Fsp3) is 0.412. The number of nitrogens with one attached hydrogen (secondary N) is 1. The van der Waals surface area contributed by atoms with Gasteiger partial charge < -0.3 is 10.4 Å². The van der Waals surface area contributed by atoms with Crippen molar-refractivity contribution in [2.75, 3.05) is 6.61 Å². The van der Waals surface area contributed by atoms with E-state index in [-0.39, 0.29) is 24.0 Å². The Bertz CT molecular complexity index is 638. The number of fused-ring (bicyclic) bond motifs is 1. The number of benzene rings is 1. The maximum Gasteiger partial charge on any atom is 0.244 e. The smallest absolute Gasteiger partial charge is 0.244 e. The molecule has 0 fully saturated rings. The second-order valence-electron chi connectivity index (χ2n) is 6.29. The summed E-state index contributed by atoms with van der Waals surface area (Å²) in [5.41, 5.74) is 0.850. The van der Waals surface area contributed by atoms with Crippen molar-refractivity contribution in [3.63, 3.8) is 0 Å². The van der Waals surface area contributed by atoms with Gasteiger partial charge in [0, 0.05) is 18.7 Å². The summed E-state index contributed by atoms with van der Waals surface area (Å²) in [7, 11) is 0. The van der Waals surface area contributed by atoms with Crippen LogP contribution in [0, 0.1) is 5.41 Å². The second-order valence-corrected chi connectivity index (χ2v) is 7.35. The third-order valence-electron chi connectivity index (χ3n) is 3.47. The van der Waals surface area contributed by atoms with Crippen molar-refractivity contribution in [3.05, 3.63) is 35.3 Å². The first-order chi connectivity index (χ1) is 10.4. The van der Waals surface area contributed by atoms with Crippen molar-refractivity contribution < 1.29 is 9.90 Å². The first-order valence-electron chi connectivity index (χ1n) is 7.35. The summed E-state index contributed by atoms with van der Waals surface area (Å²) in [5, 5.41) is 12.9. The number of hydrogen-bond acceptors (Lipinski definition) is 4. The van der Waals surface area contributed by atoms with Gasteiger partial charge in [-0.25, -0.2) is 4.98 Å². The van der Waals surface area contributed by atoms with E-state index in [0.29, 0.717) is 6.42 Å². The summed E-state index contributed by atoms with van der Waals surface area (Å²) >= 11 is 1.56. The van der Waals surface area contributed by atoms with Crippen molar-refractivity contribution in [3.8, 4) is 0 Å². The van der Waals surface area contributed by atoms with Gasteiger partial charge in [0.2, 0.25) is 5.91 Å². The highest BCUT2D eigenvalue weighted by atomic mass is 32.1. The number of rotatable bonds is 5. The number of carbonyl (C=O) groups is 1. The lowest BCUT2D eigenvalue weighted by Crippen LogP contribution is -2.43. The number of para-hydroxylation sites is 1. The average Bonchev–Trinajstić information content (AvgIpc) is 2.86. The van der Waals surface area contributed by atoms with Gasteiger partial charge in [-0.1, -0.05) is 32.9 Å². The summed E-state index contributed by atoms with van der Waals surface area (Å²) < 4.78 is 1.11. The molecule has 0 saturated carbocycles. The maximum atomic E-state index is 12.1. The Labute approximate surface area is 134 Å². The molecule has 0 aliphatic rings. The molecule has 4 nitrogen and oxygen atoms in total. The predicted octanol–water partition coefficient (Wildman–Crippen LogP) is 3.22. The Morgan fingerprint density at radius 3 is 2.77 bits per heavy atom. The zero-order valence-corrected chi connectivity index (χ0v) is 14.0. The van der Waals surface area contributed by atoms with Crippen molar-refractivity contribution in [2.24, 2.45) is 5.41 Å². The van der Waals surface area contributed by atoms with Crippen LogP contribution < -0.4 is 5.32 Å². The van der Waals surface area contributed by atoms with Gasteiger partial charge >= 0.3 is 0 Å². The third kappa shape index (κ3) is 4.39. The molecule has 1 amide bonds. The van der Waals surface area contributed by atoms with E-state index in [2.05, 4.69) is 10.3 Å². The average molecular weight is 318 g/mol. The van der Waals surface area contributed by atoms with Crippen molar-refractivity contribution in [2.45, 2.75) is 33.2 Å². The molecular formula is C17H22N2O2S. The van der Waals surface area contributed by atoms with Crippen LogP contribution in [0.1, 0.15) is 32.2 Å². The molecule has 1 unspecified atom stereocenters. The van der Waals surface area contributed by atoms with E-state index < -0.39 is 0 Å². The van der Waals surface area contributed by atoms with Crippen LogP contribution in [0.3, 0.4) is 0 Å². The number of aliphatic hydroxyl groups is 1. The Hall–Kier alpha value is -1.72. The molecule has 2 rings (SSSR count). The number of aromatic nitrogens is 1. The fourth-order valence-electron chi connectivity index (χ4n) is 2.18. The number of hydrogen-bond donors (Lipinski definition) is 2. The van der Waals surface area contributed by atoms with Crippen molar-refractivity contribution in [1.29, 1.82) is 0 Å². The van der Waals surface area contributed by atoms with Gasteiger partial charge in [-0.2, -0.15) is 0 Å². The third-order valence-corrected chi connectivity index (χ3v) is 4.47.